The molecule has 19 heavy (non-hydrogen) atoms. The zero-order valence-corrected chi connectivity index (χ0v) is 12.7. The number of hydrogen-bond acceptors (Lipinski definition) is 5. The van der Waals surface area contributed by atoms with Crippen LogP contribution in [-0.2, 0) is 4.74 Å². The van der Waals surface area contributed by atoms with Crippen molar-refractivity contribution in [1.29, 1.82) is 0 Å². The Bertz CT molecular complexity index is 453. The molecule has 1 aromatic rings. The number of piperazine rings is 1. The molecule has 1 fully saturated rings. The van der Waals surface area contributed by atoms with Crippen LogP contribution in [0, 0.1) is 6.92 Å². The maximum Gasteiger partial charge on any atom is 0.410 e. The Labute approximate surface area is 118 Å². The normalized spacial score (nSPS) is 20.4. The van der Waals surface area contributed by atoms with Crippen LogP contribution in [0.1, 0.15) is 36.7 Å². The molecule has 1 aliphatic rings. The van der Waals surface area contributed by atoms with Crippen molar-refractivity contribution in [2.24, 2.45) is 0 Å². The number of aromatic nitrogens is 1. The Kier molecular flexibility index (Phi) is 4.10. The average molecular weight is 283 g/mol. The summed E-state index contributed by atoms with van der Waals surface area (Å²) in [5, 5.41) is 4.34. The molecule has 0 aromatic carbocycles. The minimum absolute atomic E-state index is 0.0230. The molecule has 5 nitrogen and oxygen atoms in total. The third-order valence-corrected chi connectivity index (χ3v) is 3.85. The number of nitrogens with zero attached hydrogens (tertiary/aromatic N) is 2. The molecule has 2 heterocycles. The van der Waals surface area contributed by atoms with Crippen LogP contribution in [0.3, 0.4) is 0 Å². The van der Waals surface area contributed by atoms with E-state index in [9.17, 15) is 4.79 Å². The third-order valence-electron chi connectivity index (χ3n) is 2.84. The van der Waals surface area contributed by atoms with Gasteiger partial charge in [-0.05, 0) is 27.7 Å². The smallest absolute Gasteiger partial charge is 0.410 e. The van der Waals surface area contributed by atoms with Crippen LogP contribution >= 0.6 is 11.3 Å². The molecule has 0 aliphatic carbocycles. The highest BCUT2D eigenvalue weighted by molar-refractivity contribution is 7.11. The van der Waals surface area contributed by atoms with Crippen LogP contribution in [0.5, 0.6) is 0 Å². The Hall–Kier alpha value is -1.14. The van der Waals surface area contributed by atoms with E-state index in [0.29, 0.717) is 6.54 Å². The second-order valence-corrected chi connectivity index (χ2v) is 6.94. The molecule has 1 N–H and O–H groups in total. The summed E-state index contributed by atoms with van der Waals surface area (Å²) in [5.74, 6) is 0. The zero-order valence-electron chi connectivity index (χ0n) is 11.9. The van der Waals surface area contributed by atoms with Crippen LogP contribution < -0.4 is 5.32 Å². The summed E-state index contributed by atoms with van der Waals surface area (Å²) in [7, 11) is 0. The van der Waals surface area contributed by atoms with Crippen LogP contribution in [0.4, 0.5) is 4.79 Å². The van der Waals surface area contributed by atoms with Gasteiger partial charge >= 0.3 is 6.09 Å². The largest absolute Gasteiger partial charge is 0.444 e. The van der Waals surface area contributed by atoms with Crippen molar-refractivity contribution in [3.8, 4) is 0 Å². The van der Waals surface area contributed by atoms with Crippen molar-refractivity contribution in [3.05, 3.63) is 16.1 Å². The topological polar surface area (TPSA) is 54.5 Å². The predicted molar refractivity (Wildman–Crippen MR) is 75.4 cm³/mol. The molecule has 6 heteroatoms. The van der Waals surface area contributed by atoms with E-state index >= 15 is 0 Å². The quantitative estimate of drug-likeness (QED) is 0.859. The van der Waals surface area contributed by atoms with Crippen LogP contribution in [0.2, 0.25) is 0 Å². The summed E-state index contributed by atoms with van der Waals surface area (Å²) in [6, 6.07) is 0.0230. The van der Waals surface area contributed by atoms with Gasteiger partial charge in [0.2, 0.25) is 0 Å². The summed E-state index contributed by atoms with van der Waals surface area (Å²) < 4.78 is 5.48. The van der Waals surface area contributed by atoms with E-state index < -0.39 is 5.60 Å². The van der Waals surface area contributed by atoms with Crippen molar-refractivity contribution in [3.63, 3.8) is 0 Å². The zero-order chi connectivity index (χ0) is 14.0. The molecule has 0 radical (unpaired) electrons. The molecular weight excluding hydrogens is 262 g/mol. The number of hydrogen-bond donors (Lipinski definition) is 1. The lowest BCUT2D eigenvalue weighted by Crippen LogP contribution is -2.49. The minimum Gasteiger partial charge on any atom is -0.444 e. The van der Waals surface area contributed by atoms with Gasteiger partial charge in [0, 0.05) is 30.7 Å². The van der Waals surface area contributed by atoms with Gasteiger partial charge in [0.25, 0.3) is 0 Å². The summed E-state index contributed by atoms with van der Waals surface area (Å²) in [6.45, 7) is 9.85. The Balaban J connectivity index is 2.14. The number of aryl methyl sites for hydroxylation is 1. The molecule has 0 bridgehead atoms. The highest BCUT2D eigenvalue weighted by Crippen LogP contribution is 2.28. The molecule has 1 amide bonds. The number of thiazole rings is 1. The van der Waals surface area contributed by atoms with Gasteiger partial charge in [-0.2, -0.15) is 0 Å². The summed E-state index contributed by atoms with van der Waals surface area (Å²) in [6.07, 6.45) is 1.61. The first-order chi connectivity index (χ1) is 8.87. The number of rotatable bonds is 1. The van der Waals surface area contributed by atoms with E-state index in [0.717, 1.165) is 23.0 Å². The molecule has 0 saturated carbocycles. The van der Waals surface area contributed by atoms with Crippen LogP contribution in [-0.4, -0.2) is 41.2 Å². The maximum atomic E-state index is 12.3. The molecule has 1 aliphatic heterocycles. The van der Waals surface area contributed by atoms with E-state index in [-0.39, 0.29) is 12.1 Å². The maximum absolute atomic E-state index is 12.3. The fraction of sp³-hybridized carbons (Fsp3) is 0.692. The van der Waals surface area contributed by atoms with Gasteiger partial charge in [0.15, 0.2) is 0 Å². The second-order valence-electron chi connectivity index (χ2n) is 5.68. The lowest BCUT2D eigenvalue weighted by atomic mass is 10.1. The molecule has 1 atom stereocenters. The SMILES string of the molecule is Cc1ncc(C2CNCCN2C(=O)OC(C)(C)C)s1. The Morgan fingerprint density at radius 2 is 2.32 bits per heavy atom. The number of amides is 1. The standard InChI is InChI=1S/C13H21N3O2S/c1-9-15-8-11(19-9)10-7-14-5-6-16(10)12(17)18-13(2,3)4/h8,10,14H,5-7H2,1-4H3. The first-order valence-electron chi connectivity index (χ1n) is 6.49. The Morgan fingerprint density at radius 3 is 2.89 bits per heavy atom. The fourth-order valence-corrected chi connectivity index (χ4v) is 2.93. The third kappa shape index (κ3) is 3.67. The molecule has 1 unspecified atom stereocenters. The summed E-state index contributed by atoms with van der Waals surface area (Å²) >= 11 is 1.63. The highest BCUT2D eigenvalue weighted by Gasteiger charge is 2.32. The predicted octanol–water partition coefficient (Wildman–Crippen LogP) is 2.33. The molecular formula is C13H21N3O2S. The van der Waals surface area contributed by atoms with Gasteiger partial charge in [-0.1, -0.05) is 0 Å². The van der Waals surface area contributed by atoms with E-state index in [2.05, 4.69) is 10.3 Å². The van der Waals surface area contributed by atoms with Crippen LogP contribution in [0.25, 0.3) is 0 Å². The summed E-state index contributed by atoms with van der Waals surface area (Å²) in [4.78, 5) is 19.4. The van der Waals surface area contributed by atoms with Gasteiger partial charge in [0.1, 0.15) is 5.60 Å². The van der Waals surface area contributed by atoms with E-state index in [4.69, 9.17) is 4.74 Å². The van der Waals surface area contributed by atoms with Crippen molar-refractivity contribution < 1.29 is 9.53 Å². The average Bonchev–Trinajstić information content (AvgIpc) is 2.73. The number of carbonyl (C=O) groups excluding carboxylic acids is 1. The highest BCUT2D eigenvalue weighted by atomic mass is 32.1. The first kappa shape index (κ1) is 14.3. The van der Waals surface area contributed by atoms with Gasteiger partial charge in [-0.25, -0.2) is 9.78 Å². The van der Waals surface area contributed by atoms with E-state index in [1.165, 1.54) is 0 Å². The van der Waals surface area contributed by atoms with Crippen molar-refractivity contribution >= 4 is 17.4 Å². The molecule has 0 spiro atoms. The van der Waals surface area contributed by atoms with Crippen LogP contribution in [0.15, 0.2) is 6.20 Å². The first-order valence-corrected chi connectivity index (χ1v) is 7.31. The van der Waals surface area contributed by atoms with Crippen molar-refractivity contribution in [2.75, 3.05) is 19.6 Å². The molecule has 1 aromatic heterocycles. The van der Waals surface area contributed by atoms with Crippen molar-refractivity contribution in [1.82, 2.24) is 15.2 Å². The van der Waals surface area contributed by atoms with Crippen molar-refractivity contribution in [2.45, 2.75) is 39.3 Å². The number of nitrogens with one attached hydrogen (secondary N) is 1. The van der Waals surface area contributed by atoms with E-state index in [1.54, 1.807) is 16.2 Å². The minimum atomic E-state index is -0.462. The van der Waals surface area contributed by atoms with Gasteiger partial charge in [0.05, 0.1) is 11.0 Å². The van der Waals surface area contributed by atoms with E-state index in [1.807, 2.05) is 33.9 Å². The van der Waals surface area contributed by atoms with Gasteiger partial charge < -0.3 is 10.1 Å². The Morgan fingerprint density at radius 1 is 1.58 bits per heavy atom. The van der Waals surface area contributed by atoms with Gasteiger partial charge in [-0.15, -0.1) is 11.3 Å². The monoisotopic (exact) mass is 283 g/mol. The molecule has 2 rings (SSSR count). The number of carbonyl (C=O) groups is 1. The van der Waals surface area contributed by atoms with Gasteiger partial charge in [-0.3, -0.25) is 4.90 Å². The fourth-order valence-electron chi connectivity index (χ4n) is 2.03. The second kappa shape index (κ2) is 5.46. The lowest BCUT2D eigenvalue weighted by molar-refractivity contribution is 0.0121. The molecule has 1 saturated heterocycles. The number of ether oxygens (including phenoxy) is 1. The summed E-state index contributed by atoms with van der Waals surface area (Å²) in [5.41, 5.74) is -0.462. The molecule has 106 valence electrons. The lowest BCUT2D eigenvalue weighted by Gasteiger charge is -2.36.